The van der Waals surface area contributed by atoms with Crippen LogP contribution < -0.4 is 0 Å². The molecule has 0 aromatic heterocycles. The summed E-state index contributed by atoms with van der Waals surface area (Å²) in [4.78, 5) is 27.9. The number of rotatable bonds is 5. The zero-order valence-electron chi connectivity index (χ0n) is 17.2. The molecule has 4 rings (SSSR count). The van der Waals surface area contributed by atoms with Crippen molar-refractivity contribution in [1.82, 2.24) is 9.80 Å². The van der Waals surface area contributed by atoms with Crippen LogP contribution in [0.1, 0.15) is 34.7 Å². The molecule has 6 heteroatoms. The maximum atomic E-state index is 12.5. The van der Waals surface area contributed by atoms with Crippen LogP contribution in [0.4, 0.5) is 0 Å². The van der Waals surface area contributed by atoms with Gasteiger partial charge in [0, 0.05) is 31.5 Å². The predicted molar refractivity (Wildman–Crippen MR) is 112 cm³/mol. The fourth-order valence-electron chi connectivity index (χ4n) is 4.24. The van der Waals surface area contributed by atoms with Gasteiger partial charge in [-0.3, -0.25) is 9.59 Å². The summed E-state index contributed by atoms with van der Waals surface area (Å²) in [5.74, 6) is -0.226. The number of carbonyl (C=O) groups is 2. The highest BCUT2D eigenvalue weighted by Crippen LogP contribution is 2.44. The van der Waals surface area contributed by atoms with Crippen LogP contribution in [0.2, 0.25) is 0 Å². The number of nitriles is 1. The minimum Gasteiger partial charge on any atom is -0.394 e. The van der Waals surface area contributed by atoms with Crippen molar-refractivity contribution in [2.45, 2.75) is 30.8 Å². The molecular weight excluding hydrogens is 378 g/mol. The molecule has 1 saturated heterocycles. The van der Waals surface area contributed by atoms with Crippen molar-refractivity contribution in [2.75, 3.05) is 20.7 Å². The number of nitrogens with zero attached hydrogens (tertiary/aromatic N) is 3. The molecule has 0 spiro atoms. The van der Waals surface area contributed by atoms with E-state index in [0.29, 0.717) is 5.56 Å². The minimum absolute atomic E-state index is 0.00385. The van der Waals surface area contributed by atoms with E-state index in [4.69, 9.17) is 0 Å². The van der Waals surface area contributed by atoms with Crippen LogP contribution in [0.15, 0.2) is 48.5 Å². The lowest BCUT2D eigenvalue weighted by molar-refractivity contribution is -0.148. The maximum Gasteiger partial charge on any atom is 0.253 e. The largest absolute Gasteiger partial charge is 0.394 e. The van der Waals surface area contributed by atoms with Crippen LogP contribution >= 0.6 is 0 Å². The monoisotopic (exact) mass is 403 g/mol. The first-order valence-corrected chi connectivity index (χ1v) is 10.2. The summed E-state index contributed by atoms with van der Waals surface area (Å²) in [6, 6.07) is 16.7. The normalized spacial score (nSPS) is 22.7. The molecule has 6 nitrogen and oxygen atoms in total. The van der Waals surface area contributed by atoms with Crippen molar-refractivity contribution in [2.24, 2.45) is 5.92 Å². The number of likely N-dealkylation sites (tertiary alicyclic amines) is 1. The van der Waals surface area contributed by atoms with E-state index >= 15 is 0 Å². The van der Waals surface area contributed by atoms with Gasteiger partial charge in [0.1, 0.15) is 6.04 Å². The molecule has 2 aliphatic rings. The van der Waals surface area contributed by atoms with Gasteiger partial charge in [-0.2, -0.15) is 5.26 Å². The second kappa shape index (κ2) is 7.92. The van der Waals surface area contributed by atoms with Crippen molar-refractivity contribution in [3.63, 3.8) is 0 Å². The van der Waals surface area contributed by atoms with Crippen LogP contribution in [0.5, 0.6) is 0 Å². The average molecular weight is 403 g/mol. The summed E-state index contributed by atoms with van der Waals surface area (Å²) in [5.41, 5.74) is 3.46. The molecule has 2 fully saturated rings. The van der Waals surface area contributed by atoms with Gasteiger partial charge in [0.2, 0.25) is 5.91 Å². The first-order valence-electron chi connectivity index (χ1n) is 10.2. The Labute approximate surface area is 176 Å². The van der Waals surface area contributed by atoms with Crippen LogP contribution in [0.3, 0.4) is 0 Å². The Balaban J connectivity index is 1.56. The Kier molecular flexibility index (Phi) is 5.31. The van der Waals surface area contributed by atoms with E-state index in [0.717, 1.165) is 29.5 Å². The Morgan fingerprint density at radius 3 is 2.40 bits per heavy atom. The number of aliphatic hydroxyl groups excluding tert-OH is 1. The quantitative estimate of drug-likeness (QED) is 0.832. The third-order valence-electron chi connectivity index (χ3n) is 6.06. The predicted octanol–water partition coefficient (Wildman–Crippen LogP) is 2.64. The van der Waals surface area contributed by atoms with Crippen LogP contribution in [-0.4, -0.2) is 59.5 Å². The van der Waals surface area contributed by atoms with Crippen LogP contribution in [0, 0.1) is 17.2 Å². The molecular formula is C24H25N3O3. The highest BCUT2D eigenvalue weighted by molar-refractivity contribution is 5.95. The van der Waals surface area contributed by atoms with E-state index in [-0.39, 0.29) is 36.3 Å². The van der Waals surface area contributed by atoms with Crippen molar-refractivity contribution in [1.29, 1.82) is 5.26 Å². The lowest BCUT2D eigenvalue weighted by Crippen LogP contribution is -2.65. The molecule has 1 saturated carbocycles. The lowest BCUT2D eigenvalue weighted by atomic mass is 9.75. The summed E-state index contributed by atoms with van der Waals surface area (Å²) in [7, 11) is 3.45. The molecule has 0 radical (unpaired) electrons. The summed E-state index contributed by atoms with van der Waals surface area (Å²) in [6.45, 7) is -0.155. The van der Waals surface area contributed by atoms with Gasteiger partial charge in [-0.25, -0.2) is 0 Å². The van der Waals surface area contributed by atoms with Crippen molar-refractivity contribution in [3.8, 4) is 17.2 Å². The Morgan fingerprint density at radius 2 is 1.83 bits per heavy atom. The Morgan fingerprint density at radius 1 is 1.13 bits per heavy atom. The SMILES string of the molecule is CN(C)C(=O)c1cccc(-c2ccc([C@@H]3[C@@H](C#N)N(C(=O)C4CC4)[C@H]3CO)cc2)c1. The van der Waals surface area contributed by atoms with Gasteiger partial charge in [-0.15, -0.1) is 0 Å². The van der Waals surface area contributed by atoms with Gasteiger partial charge in [-0.05, 0) is 41.7 Å². The summed E-state index contributed by atoms with van der Waals surface area (Å²) < 4.78 is 0. The molecule has 1 aliphatic heterocycles. The van der Waals surface area contributed by atoms with E-state index < -0.39 is 6.04 Å². The molecule has 3 atom stereocenters. The van der Waals surface area contributed by atoms with E-state index in [1.165, 1.54) is 0 Å². The number of hydrogen-bond acceptors (Lipinski definition) is 4. The molecule has 1 heterocycles. The van der Waals surface area contributed by atoms with Crippen molar-refractivity contribution in [3.05, 3.63) is 59.7 Å². The second-order valence-corrected chi connectivity index (χ2v) is 8.27. The third-order valence-corrected chi connectivity index (χ3v) is 6.06. The number of aliphatic hydroxyl groups is 1. The van der Waals surface area contributed by atoms with E-state index in [2.05, 4.69) is 6.07 Å². The van der Waals surface area contributed by atoms with Gasteiger partial charge in [0.15, 0.2) is 0 Å². The van der Waals surface area contributed by atoms with Crippen LogP contribution in [-0.2, 0) is 4.79 Å². The van der Waals surface area contributed by atoms with E-state index in [1.54, 1.807) is 30.0 Å². The van der Waals surface area contributed by atoms with Gasteiger partial charge >= 0.3 is 0 Å². The number of hydrogen-bond donors (Lipinski definition) is 1. The van der Waals surface area contributed by atoms with Crippen molar-refractivity contribution >= 4 is 11.8 Å². The zero-order chi connectivity index (χ0) is 21.4. The first-order chi connectivity index (χ1) is 14.5. The van der Waals surface area contributed by atoms with E-state index in [9.17, 15) is 20.0 Å². The summed E-state index contributed by atoms with van der Waals surface area (Å²) in [5, 5.41) is 19.5. The molecule has 1 N–H and O–H groups in total. The summed E-state index contributed by atoms with van der Waals surface area (Å²) in [6.07, 6.45) is 1.75. The number of carbonyl (C=O) groups excluding carboxylic acids is 2. The highest BCUT2D eigenvalue weighted by atomic mass is 16.3. The highest BCUT2D eigenvalue weighted by Gasteiger charge is 2.53. The first kappa shape index (κ1) is 20.1. The molecule has 0 unspecified atom stereocenters. The lowest BCUT2D eigenvalue weighted by Gasteiger charge is -2.51. The minimum atomic E-state index is -0.540. The van der Waals surface area contributed by atoms with Crippen molar-refractivity contribution < 1.29 is 14.7 Å². The smallest absolute Gasteiger partial charge is 0.253 e. The van der Waals surface area contributed by atoms with Gasteiger partial charge in [0.25, 0.3) is 5.91 Å². The number of amides is 2. The maximum absolute atomic E-state index is 12.5. The van der Waals surface area contributed by atoms with Gasteiger partial charge in [-0.1, -0.05) is 36.4 Å². The standard InChI is InChI=1S/C24H25N3O3/c1-26(2)23(29)19-5-3-4-18(12-19)15-6-8-16(9-7-15)22-20(13-25)27(21(22)14-28)24(30)17-10-11-17/h3-9,12,17,20-22,28H,10-11,14H2,1-2H3/t20-,21+,22-/m1/s1. The summed E-state index contributed by atoms with van der Waals surface area (Å²) >= 11 is 0. The van der Waals surface area contributed by atoms with Crippen LogP contribution in [0.25, 0.3) is 11.1 Å². The molecule has 2 aromatic carbocycles. The second-order valence-electron chi connectivity index (χ2n) is 8.27. The van der Waals surface area contributed by atoms with E-state index in [1.807, 2.05) is 42.5 Å². The average Bonchev–Trinajstić information content (AvgIpc) is 3.59. The molecule has 2 aromatic rings. The Bertz CT molecular complexity index is 1010. The zero-order valence-corrected chi connectivity index (χ0v) is 17.2. The van der Waals surface area contributed by atoms with Gasteiger partial charge in [0.05, 0.1) is 18.7 Å². The molecule has 30 heavy (non-hydrogen) atoms. The topological polar surface area (TPSA) is 84.6 Å². The molecule has 0 bridgehead atoms. The fourth-order valence-corrected chi connectivity index (χ4v) is 4.24. The van der Waals surface area contributed by atoms with Gasteiger partial charge < -0.3 is 14.9 Å². The molecule has 2 amide bonds. The number of benzene rings is 2. The molecule has 1 aliphatic carbocycles. The fraction of sp³-hybridized carbons (Fsp3) is 0.375. The Hall–Kier alpha value is -3.17. The molecule has 154 valence electrons. The third kappa shape index (κ3) is 3.46.